The third-order valence-electron chi connectivity index (χ3n) is 1.97. The Morgan fingerprint density at radius 1 is 1.14 bits per heavy atom. The monoisotopic (exact) mass is 203 g/mol. The Hall–Kier alpha value is -0.770. The normalized spacial score (nSPS) is 12.5. The van der Waals surface area contributed by atoms with Crippen molar-refractivity contribution in [3.8, 4) is 0 Å². The second kappa shape index (κ2) is 4.17. The summed E-state index contributed by atoms with van der Waals surface area (Å²) in [6.45, 7) is 9.10. The molecule has 4 nitrogen and oxygen atoms in total. The van der Waals surface area contributed by atoms with Gasteiger partial charge in [-0.3, -0.25) is 4.90 Å². The second-order valence-corrected chi connectivity index (χ2v) is 4.69. The Kier molecular flexibility index (Phi) is 3.94. The fourth-order valence-electron chi connectivity index (χ4n) is 0.687. The predicted molar refractivity (Wildman–Crippen MR) is 55.1 cm³/mol. The van der Waals surface area contributed by atoms with Gasteiger partial charge in [0.25, 0.3) is 0 Å². The second-order valence-electron chi connectivity index (χ2n) is 4.69. The molecule has 0 spiro atoms. The number of amides is 1. The van der Waals surface area contributed by atoms with Crippen LogP contribution in [0.3, 0.4) is 0 Å². The van der Waals surface area contributed by atoms with Crippen LogP contribution in [0.5, 0.6) is 0 Å². The smallest absolute Gasteiger partial charge is 0.412 e. The number of carbonyl (C=O) groups is 1. The van der Waals surface area contributed by atoms with E-state index in [0.29, 0.717) is 0 Å². The largest absolute Gasteiger partial charge is 0.444 e. The summed E-state index contributed by atoms with van der Waals surface area (Å²) in [7, 11) is 3.21. The lowest BCUT2D eigenvalue weighted by atomic mass is 10.2. The summed E-state index contributed by atoms with van der Waals surface area (Å²) in [4.78, 5) is 13.0. The lowest BCUT2D eigenvalue weighted by molar-refractivity contribution is -0.0962. The summed E-state index contributed by atoms with van der Waals surface area (Å²) in [6.07, 6.45) is -0.385. The first kappa shape index (κ1) is 13.2. The molecular formula is C10H21NO3. The van der Waals surface area contributed by atoms with Gasteiger partial charge in [0.2, 0.25) is 0 Å². The van der Waals surface area contributed by atoms with Gasteiger partial charge in [0.1, 0.15) is 11.3 Å². The standard InChI is InChI=1S/C10H21NO3/c1-9(2,3)14-8(12)11(6)10(4,5)13-7/h1-7H3. The van der Waals surface area contributed by atoms with Crippen LogP contribution < -0.4 is 0 Å². The molecule has 1 amide bonds. The minimum absolute atomic E-state index is 0.385. The van der Waals surface area contributed by atoms with Crippen LogP contribution in [-0.2, 0) is 9.47 Å². The molecule has 0 heterocycles. The SMILES string of the molecule is COC(C)(C)N(C)C(=O)OC(C)(C)C. The van der Waals surface area contributed by atoms with E-state index in [0.717, 1.165) is 0 Å². The van der Waals surface area contributed by atoms with Crippen molar-refractivity contribution in [2.24, 2.45) is 0 Å². The maximum Gasteiger partial charge on any atom is 0.412 e. The molecule has 0 unspecified atom stereocenters. The van der Waals surface area contributed by atoms with E-state index in [9.17, 15) is 4.79 Å². The van der Waals surface area contributed by atoms with Gasteiger partial charge >= 0.3 is 6.09 Å². The lowest BCUT2D eigenvalue weighted by Crippen LogP contribution is -2.48. The summed E-state index contributed by atoms with van der Waals surface area (Å²) in [5.74, 6) is 0. The molecule has 84 valence electrons. The van der Waals surface area contributed by atoms with Crippen LogP contribution in [-0.4, -0.2) is 36.5 Å². The van der Waals surface area contributed by atoms with Crippen LogP contribution in [0.2, 0.25) is 0 Å². The Labute approximate surface area is 86.2 Å². The third-order valence-corrected chi connectivity index (χ3v) is 1.97. The number of hydrogen-bond acceptors (Lipinski definition) is 3. The number of ether oxygens (including phenoxy) is 2. The van der Waals surface area contributed by atoms with E-state index in [1.165, 1.54) is 4.90 Å². The van der Waals surface area contributed by atoms with Gasteiger partial charge in [0.05, 0.1) is 0 Å². The van der Waals surface area contributed by atoms with Gasteiger partial charge in [-0.2, -0.15) is 0 Å². The van der Waals surface area contributed by atoms with Crippen molar-refractivity contribution in [2.45, 2.75) is 45.9 Å². The molecule has 0 saturated carbocycles. The highest BCUT2D eigenvalue weighted by Gasteiger charge is 2.30. The Bertz CT molecular complexity index is 206. The van der Waals surface area contributed by atoms with Crippen LogP contribution in [0.25, 0.3) is 0 Å². The van der Waals surface area contributed by atoms with Crippen LogP contribution in [0, 0.1) is 0 Å². The first-order chi connectivity index (χ1) is 6.10. The first-order valence-corrected chi connectivity index (χ1v) is 4.62. The van der Waals surface area contributed by atoms with Gasteiger partial charge in [-0.25, -0.2) is 4.79 Å². The zero-order valence-corrected chi connectivity index (χ0v) is 10.2. The fraction of sp³-hybridized carbons (Fsp3) is 0.900. The molecule has 0 radical (unpaired) electrons. The highest BCUT2D eigenvalue weighted by Crippen LogP contribution is 2.17. The summed E-state index contributed by atoms with van der Waals surface area (Å²) < 4.78 is 10.4. The van der Waals surface area contributed by atoms with Gasteiger partial charge in [-0.05, 0) is 34.6 Å². The van der Waals surface area contributed by atoms with E-state index in [-0.39, 0.29) is 6.09 Å². The number of methoxy groups -OCH3 is 1. The van der Waals surface area contributed by atoms with E-state index >= 15 is 0 Å². The molecule has 0 aromatic rings. The molecule has 0 N–H and O–H groups in total. The molecule has 0 aliphatic heterocycles. The molecule has 0 aromatic heterocycles. The van der Waals surface area contributed by atoms with E-state index in [4.69, 9.17) is 9.47 Å². The average Bonchev–Trinajstić information content (AvgIpc) is 2.00. The molecule has 0 aliphatic carbocycles. The molecule has 0 fully saturated rings. The zero-order valence-electron chi connectivity index (χ0n) is 10.2. The molecular weight excluding hydrogens is 182 g/mol. The molecule has 0 aliphatic rings. The maximum absolute atomic E-state index is 11.6. The summed E-state index contributed by atoms with van der Waals surface area (Å²) >= 11 is 0. The van der Waals surface area contributed by atoms with Crippen LogP contribution in [0.1, 0.15) is 34.6 Å². The van der Waals surface area contributed by atoms with Gasteiger partial charge in [0.15, 0.2) is 0 Å². The highest BCUT2D eigenvalue weighted by atomic mass is 16.6. The number of carbonyl (C=O) groups excluding carboxylic acids is 1. The number of rotatable bonds is 2. The molecule has 0 atom stereocenters. The summed E-state index contributed by atoms with van der Waals surface area (Å²) in [5, 5.41) is 0. The zero-order chi connectivity index (χ0) is 11.6. The van der Waals surface area contributed by atoms with E-state index in [1.807, 2.05) is 20.8 Å². The third kappa shape index (κ3) is 3.96. The van der Waals surface area contributed by atoms with Crippen LogP contribution >= 0.6 is 0 Å². The lowest BCUT2D eigenvalue weighted by Gasteiger charge is -2.35. The Balaban J connectivity index is 4.41. The topological polar surface area (TPSA) is 38.8 Å². The molecule has 14 heavy (non-hydrogen) atoms. The average molecular weight is 203 g/mol. The van der Waals surface area contributed by atoms with Gasteiger partial charge < -0.3 is 9.47 Å². The minimum Gasteiger partial charge on any atom is -0.444 e. The van der Waals surface area contributed by atoms with Crippen LogP contribution in [0.15, 0.2) is 0 Å². The minimum atomic E-state index is -0.650. The van der Waals surface area contributed by atoms with Gasteiger partial charge in [0, 0.05) is 14.2 Å². The van der Waals surface area contributed by atoms with Crippen molar-refractivity contribution >= 4 is 6.09 Å². The first-order valence-electron chi connectivity index (χ1n) is 4.62. The van der Waals surface area contributed by atoms with E-state index in [2.05, 4.69) is 0 Å². The molecule has 4 heteroatoms. The van der Waals surface area contributed by atoms with Crippen molar-refractivity contribution in [1.82, 2.24) is 4.90 Å². The summed E-state index contributed by atoms with van der Waals surface area (Å²) in [6, 6.07) is 0. The van der Waals surface area contributed by atoms with E-state index in [1.54, 1.807) is 28.0 Å². The molecule has 0 rings (SSSR count). The number of hydrogen-bond donors (Lipinski definition) is 0. The number of nitrogens with zero attached hydrogens (tertiary/aromatic N) is 1. The highest BCUT2D eigenvalue weighted by molar-refractivity contribution is 5.68. The predicted octanol–water partition coefficient (Wildman–Crippen LogP) is 2.24. The van der Waals surface area contributed by atoms with Crippen molar-refractivity contribution in [3.05, 3.63) is 0 Å². The van der Waals surface area contributed by atoms with Crippen molar-refractivity contribution in [1.29, 1.82) is 0 Å². The van der Waals surface area contributed by atoms with Gasteiger partial charge in [-0.15, -0.1) is 0 Å². The molecule has 0 saturated heterocycles. The molecule has 0 aromatic carbocycles. The molecule has 0 bridgehead atoms. The Morgan fingerprint density at radius 3 is 1.86 bits per heavy atom. The van der Waals surface area contributed by atoms with Crippen molar-refractivity contribution in [2.75, 3.05) is 14.2 Å². The maximum atomic E-state index is 11.6. The quantitative estimate of drug-likeness (QED) is 0.646. The van der Waals surface area contributed by atoms with E-state index < -0.39 is 11.3 Å². The van der Waals surface area contributed by atoms with Crippen molar-refractivity contribution < 1.29 is 14.3 Å². The fourth-order valence-corrected chi connectivity index (χ4v) is 0.687. The summed E-state index contributed by atoms with van der Waals surface area (Å²) in [5.41, 5.74) is -1.13. The van der Waals surface area contributed by atoms with Crippen molar-refractivity contribution in [3.63, 3.8) is 0 Å². The Morgan fingerprint density at radius 2 is 1.57 bits per heavy atom. The van der Waals surface area contributed by atoms with Gasteiger partial charge in [-0.1, -0.05) is 0 Å². The van der Waals surface area contributed by atoms with Crippen LogP contribution in [0.4, 0.5) is 4.79 Å².